The summed E-state index contributed by atoms with van der Waals surface area (Å²) in [4.78, 5) is 17.5. The highest BCUT2D eigenvalue weighted by Gasteiger charge is 2.37. The Hall–Kier alpha value is -1.75. The molecule has 0 spiro atoms. The molecule has 5 heteroatoms. The number of hydrogen-bond donors (Lipinski definition) is 2. The Labute approximate surface area is 249 Å². The molecule has 0 aromatic carbocycles. The fourth-order valence-corrected chi connectivity index (χ4v) is 6.93. The van der Waals surface area contributed by atoms with E-state index in [1.807, 2.05) is 0 Å². The van der Waals surface area contributed by atoms with Gasteiger partial charge in [-0.25, -0.2) is 0 Å². The second kappa shape index (κ2) is 16.6. The minimum Gasteiger partial charge on any atom is -0.382 e. The normalized spacial score (nSPS) is 20.3. The number of hydrogen-bond acceptors (Lipinski definition) is 5. The molecule has 1 heterocycles. The van der Waals surface area contributed by atoms with Gasteiger partial charge in [0.25, 0.3) is 0 Å². The maximum absolute atomic E-state index is 12.5. The number of ketones is 1. The molecule has 7 atom stereocenters. The third-order valence-electron chi connectivity index (χ3n) is 9.34. The molecule has 0 saturated carbocycles. The Morgan fingerprint density at radius 3 is 2.17 bits per heavy atom. The van der Waals surface area contributed by atoms with Crippen molar-refractivity contribution in [2.75, 3.05) is 20.1 Å². The molecule has 1 aliphatic rings. The molecule has 0 aromatic heterocycles. The van der Waals surface area contributed by atoms with E-state index in [4.69, 9.17) is 12.3 Å². The summed E-state index contributed by atoms with van der Waals surface area (Å²) in [5.74, 6) is 2.06. The van der Waals surface area contributed by atoms with E-state index in [1.54, 1.807) is 0 Å². The molecule has 1 rings (SSSR count). The van der Waals surface area contributed by atoms with E-state index in [-0.39, 0.29) is 23.2 Å². The molecule has 7 unspecified atom stereocenters. The summed E-state index contributed by atoms with van der Waals surface area (Å²) in [7, 11) is 2.21. The van der Waals surface area contributed by atoms with Gasteiger partial charge in [-0.15, -0.1) is 0 Å². The summed E-state index contributed by atoms with van der Waals surface area (Å²) in [6.07, 6.45) is 8.13. The number of likely N-dealkylation sites (tertiary alicyclic amines) is 1. The van der Waals surface area contributed by atoms with Crippen LogP contribution in [0.5, 0.6) is 0 Å². The average Bonchev–Trinajstić information content (AvgIpc) is 3.34. The number of nitrogens with one attached hydrogen (secondary N) is 1. The Morgan fingerprint density at radius 2 is 1.68 bits per heavy atom. The van der Waals surface area contributed by atoms with Gasteiger partial charge in [-0.2, -0.15) is 0 Å². The lowest BCUT2D eigenvalue weighted by Gasteiger charge is -2.43. The molecule has 1 aliphatic heterocycles. The van der Waals surface area contributed by atoms with Crippen LogP contribution in [0, 0.1) is 29.1 Å². The Kier molecular flexibility index (Phi) is 15.1. The van der Waals surface area contributed by atoms with E-state index in [0.717, 1.165) is 50.0 Å². The first-order chi connectivity index (χ1) is 18.6. The van der Waals surface area contributed by atoms with E-state index in [2.05, 4.69) is 97.6 Å². The van der Waals surface area contributed by atoms with Gasteiger partial charge in [0.1, 0.15) is 0 Å². The van der Waals surface area contributed by atoms with Crippen LogP contribution < -0.4 is 11.1 Å². The fraction of sp³-hybridized carbons (Fsp3) is 0.800. The number of carbonyl (C=O) groups is 1. The summed E-state index contributed by atoms with van der Waals surface area (Å²) in [6.45, 7) is 34.9. The minimum absolute atomic E-state index is 0.0115. The first-order valence-corrected chi connectivity index (χ1v) is 16.1. The zero-order valence-electron chi connectivity index (χ0n) is 28.1. The number of allylic oxidation sites excluding steroid dienone is 2. The second-order valence-electron chi connectivity index (χ2n) is 14.1. The van der Waals surface area contributed by atoms with Crippen molar-refractivity contribution >= 4 is 5.78 Å². The number of rotatable bonds is 19. The van der Waals surface area contributed by atoms with Crippen LogP contribution in [-0.2, 0) is 4.79 Å². The molecule has 232 valence electrons. The molecule has 3 N–H and O–H groups in total. The van der Waals surface area contributed by atoms with Gasteiger partial charge in [0.15, 0.2) is 5.78 Å². The second-order valence-corrected chi connectivity index (χ2v) is 14.1. The van der Waals surface area contributed by atoms with Gasteiger partial charge in [0.05, 0.1) is 6.54 Å². The van der Waals surface area contributed by atoms with Gasteiger partial charge in [-0.05, 0) is 55.3 Å². The summed E-state index contributed by atoms with van der Waals surface area (Å²) >= 11 is 0. The Bertz CT molecular complexity index is 826. The summed E-state index contributed by atoms with van der Waals surface area (Å²) in [5.41, 5.74) is 9.55. The van der Waals surface area contributed by atoms with Gasteiger partial charge in [-0.3, -0.25) is 4.79 Å². The van der Waals surface area contributed by atoms with Crippen molar-refractivity contribution in [1.82, 2.24) is 15.1 Å². The standard InChI is InChI=1S/C35H66N4O/c1-14-24(4)34(38(13)26(6)20-25(5)36)30(15-2)21-27(7)39-19-17-18-33(39)32(16-3)28(8)29(9)37-23-31(40)22-35(10,11)12/h24-25,28,30,32-34,37H,6-7,9,14-23,36H2,1-5,8,10-13H3. The minimum atomic E-state index is 0.0115. The molecule has 0 radical (unpaired) electrons. The topological polar surface area (TPSA) is 61.6 Å². The van der Waals surface area contributed by atoms with Crippen molar-refractivity contribution in [2.24, 2.45) is 34.8 Å². The maximum atomic E-state index is 12.5. The number of Topliss-reactive ketones (excluding diaryl/α,β-unsaturated/α-hetero) is 1. The molecule has 0 aromatic rings. The third kappa shape index (κ3) is 10.9. The van der Waals surface area contributed by atoms with Crippen molar-refractivity contribution in [3.8, 4) is 0 Å². The fourth-order valence-electron chi connectivity index (χ4n) is 6.93. The van der Waals surface area contributed by atoms with Gasteiger partial charge in [0.2, 0.25) is 0 Å². The molecular weight excluding hydrogens is 492 g/mol. The SMILES string of the molecule is C=C(NCC(=O)CC(C)(C)C)C(C)C(CC)C1CCCN1C(=C)CC(CC)C(C(C)CC)N(C)C(=C)CC(C)N. The lowest BCUT2D eigenvalue weighted by molar-refractivity contribution is -0.119. The van der Waals surface area contributed by atoms with E-state index < -0.39 is 0 Å². The Balaban J connectivity index is 3.00. The lowest BCUT2D eigenvalue weighted by atomic mass is 9.80. The van der Waals surface area contributed by atoms with Gasteiger partial charge in [-0.1, -0.05) is 94.4 Å². The van der Waals surface area contributed by atoms with Crippen molar-refractivity contribution < 1.29 is 4.79 Å². The first kappa shape index (κ1) is 36.3. The van der Waals surface area contributed by atoms with E-state index in [9.17, 15) is 4.79 Å². The predicted molar refractivity (Wildman–Crippen MR) is 175 cm³/mol. The zero-order chi connectivity index (χ0) is 30.8. The van der Waals surface area contributed by atoms with Crippen LogP contribution in [0.1, 0.15) is 114 Å². The molecule has 0 bridgehead atoms. The molecule has 40 heavy (non-hydrogen) atoms. The van der Waals surface area contributed by atoms with Crippen LogP contribution in [-0.4, -0.2) is 53.8 Å². The summed E-state index contributed by atoms with van der Waals surface area (Å²) in [6, 6.07) is 0.984. The quantitative estimate of drug-likeness (QED) is 0.170. The monoisotopic (exact) mass is 559 g/mol. The molecular formula is C35H66N4O. The smallest absolute Gasteiger partial charge is 0.152 e. The van der Waals surface area contributed by atoms with Crippen LogP contribution >= 0.6 is 0 Å². The van der Waals surface area contributed by atoms with Gasteiger partial charge < -0.3 is 20.9 Å². The highest BCUT2D eigenvalue weighted by molar-refractivity contribution is 5.81. The van der Waals surface area contributed by atoms with Gasteiger partial charge >= 0.3 is 0 Å². The lowest BCUT2D eigenvalue weighted by Crippen LogP contribution is -2.44. The average molecular weight is 559 g/mol. The van der Waals surface area contributed by atoms with Crippen LogP contribution in [0.4, 0.5) is 0 Å². The van der Waals surface area contributed by atoms with Crippen molar-refractivity contribution in [3.63, 3.8) is 0 Å². The van der Waals surface area contributed by atoms with Crippen molar-refractivity contribution in [3.05, 3.63) is 36.8 Å². The number of carbonyl (C=O) groups excluding carboxylic acids is 1. The molecule has 5 nitrogen and oxygen atoms in total. The van der Waals surface area contributed by atoms with Crippen LogP contribution in [0.25, 0.3) is 0 Å². The first-order valence-electron chi connectivity index (χ1n) is 16.1. The van der Waals surface area contributed by atoms with E-state index >= 15 is 0 Å². The maximum Gasteiger partial charge on any atom is 0.152 e. The molecule has 1 fully saturated rings. The van der Waals surface area contributed by atoms with Crippen LogP contribution in [0.2, 0.25) is 0 Å². The number of nitrogens with zero attached hydrogens (tertiary/aromatic N) is 2. The molecule has 0 aliphatic carbocycles. The zero-order valence-corrected chi connectivity index (χ0v) is 28.1. The van der Waals surface area contributed by atoms with E-state index in [1.165, 1.54) is 18.5 Å². The highest BCUT2D eigenvalue weighted by Crippen LogP contribution is 2.38. The predicted octanol–water partition coefficient (Wildman–Crippen LogP) is 7.75. The van der Waals surface area contributed by atoms with E-state index in [0.29, 0.717) is 42.8 Å². The van der Waals surface area contributed by atoms with Crippen LogP contribution in [0.3, 0.4) is 0 Å². The van der Waals surface area contributed by atoms with Gasteiger partial charge in [0, 0.05) is 61.7 Å². The molecule has 1 saturated heterocycles. The largest absolute Gasteiger partial charge is 0.382 e. The summed E-state index contributed by atoms with van der Waals surface area (Å²) in [5, 5.41) is 3.39. The Morgan fingerprint density at radius 1 is 1.05 bits per heavy atom. The number of nitrogens with two attached hydrogens (primary N) is 1. The third-order valence-corrected chi connectivity index (χ3v) is 9.34. The summed E-state index contributed by atoms with van der Waals surface area (Å²) < 4.78 is 0. The van der Waals surface area contributed by atoms with Crippen molar-refractivity contribution in [1.29, 1.82) is 0 Å². The molecule has 0 amide bonds. The van der Waals surface area contributed by atoms with Crippen molar-refractivity contribution in [2.45, 2.75) is 132 Å². The van der Waals surface area contributed by atoms with Crippen LogP contribution in [0.15, 0.2) is 36.8 Å². The highest BCUT2D eigenvalue weighted by atomic mass is 16.1.